The van der Waals surface area contributed by atoms with Crippen molar-refractivity contribution in [1.82, 2.24) is 9.97 Å². The highest BCUT2D eigenvalue weighted by Gasteiger charge is 2.20. The van der Waals surface area contributed by atoms with Gasteiger partial charge in [-0.2, -0.15) is 8.42 Å². The number of aromatic nitrogens is 2. The van der Waals surface area contributed by atoms with E-state index in [1.54, 1.807) is 18.2 Å². The van der Waals surface area contributed by atoms with Gasteiger partial charge in [0.1, 0.15) is 16.4 Å². The minimum atomic E-state index is -3.82. The van der Waals surface area contributed by atoms with Crippen molar-refractivity contribution in [2.75, 3.05) is 11.8 Å². The molecule has 1 heterocycles. The van der Waals surface area contributed by atoms with E-state index >= 15 is 0 Å². The van der Waals surface area contributed by atoms with Crippen LogP contribution in [0.25, 0.3) is 0 Å². The number of anilines is 1. The lowest BCUT2D eigenvalue weighted by atomic mass is 10.1. The summed E-state index contributed by atoms with van der Waals surface area (Å²) in [6.07, 6.45) is 2.46. The molecule has 0 aliphatic heterocycles. The number of para-hydroxylation sites is 1. The Morgan fingerprint density at radius 3 is 2.80 bits per heavy atom. The second-order valence-electron chi connectivity index (χ2n) is 3.77. The Hall–Kier alpha value is -2.13. The van der Waals surface area contributed by atoms with E-state index in [0.29, 0.717) is 11.3 Å². The second kappa shape index (κ2) is 5.47. The first kappa shape index (κ1) is 14.3. The zero-order valence-electron chi connectivity index (χ0n) is 10.5. The first-order valence-electron chi connectivity index (χ1n) is 5.43. The number of nitrogens with two attached hydrogens (primary N) is 1. The number of rotatable bonds is 5. The number of sulfonamides is 1. The highest BCUT2D eigenvalue weighted by Crippen LogP contribution is 2.30. The molecule has 0 aliphatic carbocycles. The van der Waals surface area contributed by atoms with E-state index in [1.807, 2.05) is 0 Å². The van der Waals surface area contributed by atoms with Gasteiger partial charge in [0.25, 0.3) is 10.0 Å². The molecule has 0 amide bonds. The Morgan fingerprint density at radius 2 is 2.25 bits per heavy atom. The molecule has 0 aliphatic rings. The molecule has 2 aromatic rings. The molecule has 7 nitrogen and oxygen atoms in total. The summed E-state index contributed by atoms with van der Waals surface area (Å²) in [5.41, 5.74) is 6.17. The Kier molecular flexibility index (Phi) is 3.91. The van der Waals surface area contributed by atoms with Crippen LogP contribution >= 0.6 is 12.2 Å². The summed E-state index contributed by atoms with van der Waals surface area (Å²) in [7, 11) is -2.40. The number of ether oxygens (including phenoxy) is 1. The number of nitrogens with one attached hydrogen (secondary N) is 2. The van der Waals surface area contributed by atoms with Crippen LogP contribution in [0, 0.1) is 0 Å². The van der Waals surface area contributed by atoms with Crippen molar-refractivity contribution in [3.05, 3.63) is 36.3 Å². The third kappa shape index (κ3) is 2.73. The number of imidazole rings is 1. The summed E-state index contributed by atoms with van der Waals surface area (Å²) < 4.78 is 31.9. The molecular weight excluding hydrogens is 300 g/mol. The topological polar surface area (TPSA) is 110 Å². The van der Waals surface area contributed by atoms with Gasteiger partial charge < -0.3 is 15.5 Å². The van der Waals surface area contributed by atoms with Crippen LogP contribution in [0.1, 0.15) is 5.56 Å². The normalized spacial score (nSPS) is 11.1. The molecule has 0 unspecified atom stereocenters. The number of benzene rings is 1. The van der Waals surface area contributed by atoms with Gasteiger partial charge in [0.15, 0.2) is 5.03 Å². The van der Waals surface area contributed by atoms with E-state index in [2.05, 4.69) is 14.7 Å². The van der Waals surface area contributed by atoms with Crippen LogP contribution in [0.2, 0.25) is 0 Å². The Morgan fingerprint density at radius 1 is 1.50 bits per heavy atom. The molecule has 2 rings (SSSR count). The largest absolute Gasteiger partial charge is 0.495 e. The molecule has 9 heteroatoms. The molecule has 106 valence electrons. The van der Waals surface area contributed by atoms with E-state index in [0.717, 1.165) is 0 Å². The standard InChI is InChI=1S/C11H12N4O3S2/c1-18-8-4-2-3-7(11(12)19)10(8)15-20(16,17)9-5-13-6-14-9/h2-6,15H,1H3,(H2,12,19)(H,13,14). The third-order valence-corrected chi connectivity index (χ3v) is 4.01. The molecule has 4 N–H and O–H groups in total. The first-order valence-corrected chi connectivity index (χ1v) is 7.33. The lowest BCUT2D eigenvalue weighted by Gasteiger charge is -2.14. The smallest absolute Gasteiger partial charge is 0.279 e. The summed E-state index contributed by atoms with van der Waals surface area (Å²) in [6.45, 7) is 0. The van der Waals surface area contributed by atoms with Crippen LogP contribution in [0.15, 0.2) is 35.7 Å². The van der Waals surface area contributed by atoms with Crippen LogP contribution in [0.4, 0.5) is 5.69 Å². The fourth-order valence-electron chi connectivity index (χ4n) is 1.59. The van der Waals surface area contributed by atoms with Crippen molar-refractivity contribution in [2.24, 2.45) is 5.73 Å². The van der Waals surface area contributed by atoms with E-state index in [1.165, 1.54) is 19.6 Å². The van der Waals surface area contributed by atoms with E-state index in [9.17, 15) is 8.42 Å². The molecule has 0 spiro atoms. The number of H-pyrrole nitrogens is 1. The number of hydrogen-bond acceptors (Lipinski definition) is 5. The second-order valence-corrected chi connectivity index (χ2v) is 5.86. The van der Waals surface area contributed by atoms with Crippen LogP contribution in [0.5, 0.6) is 5.75 Å². The van der Waals surface area contributed by atoms with Crippen LogP contribution < -0.4 is 15.2 Å². The molecule has 0 fully saturated rings. The monoisotopic (exact) mass is 312 g/mol. The molecule has 0 saturated heterocycles. The predicted octanol–water partition coefficient (Wildman–Crippen LogP) is 0.853. The molecule has 0 bridgehead atoms. The van der Waals surface area contributed by atoms with Crippen LogP contribution in [-0.2, 0) is 10.0 Å². The summed E-state index contributed by atoms with van der Waals surface area (Å²) in [5, 5.41) is -0.0719. The lowest BCUT2D eigenvalue weighted by molar-refractivity contribution is 0.417. The molecule has 1 aromatic heterocycles. The van der Waals surface area contributed by atoms with Gasteiger partial charge >= 0.3 is 0 Å². The quantitative estimate of drug-likeness (QED) is 0.706. The maximum absolute atomic E-state index is 12.2. The summed E-state index contributed by atoms with van der Waals surface area (Å²) in [5.74, 6) is 0.318. The fourth-order valence-corrected chi connectivity index (χ4v) is 2.76. The van der Waals surface area contributed by atoms with E-state index < -0.39 is 10.0 Å². The van der Waals surface area contributed by atoms with Crippen molar-refractivity contribution in [3.8, 4) is 5.75 Å². The molecule has 0 radical (unpaired) electrons. The zero-order valence-corrected chi connectivity index (χ0v) is 12.1. The first-order chi connectivity index (χ1) is 9.45. The predicted molar refractivity (Wildman–Crippen MR) is 78.3 cm³/mol. The molecule has 0 saturated carbocycles. The summed E-state index contributed by atoms with van der Waals surface area (Å²) in [6, 6.07) is 4.88. The summed E-state index contributed by atoms with van der Waals surface area (Å²) >= 11 is 4.91. The van der Waals surface area contributed by atoms with Gasteiger partial charge in [-0.25, -0.2) is 4.98 Å². The van der Waals surface area contributed by atoms with Crippen LogP contribution in [-0.4, -0.2) is 30.5 Å². The minimum absolute atomic E-state index is 0.0613. The van der Waals surface area contributed by atoms with Gasteiger partial charge in [-0.15, -0.1) is 0 Å². The zero-order chi connectivity index (χ0) is 14.8. The molecule has 1 aromatic carbocycles. The van der Waals surface area contributed by atoms with Crippen molar-refractivity contribution in [1.29, 1.82) is 0 Å². The van der Waals surface area contributed by atoms with Gasteiger partial charge in [0.05, 0.1) is 19.6 Å². The Balaban J connectivity index is 2.51. The Bertz CT molecular complexity index is 726. The maximum atomic E-state index is 12.2. The fraction of sp³-hybridized carbons (Fsp3) is 0.0909. The van der Waals surface area contributed by atoms with Gasteiger partial charge in [0.2, 0.25) is 0 Å². The summed E-state index contributed by atoms with van der Waals surface area (Å²) in [4.78, 5) is 6.25. The number of nitrogens with zero attached hydrogens (tertiary/aromatic N) is 1. The van der Waals surface area contributed by atoms with E-state index in [4.69, 9.17) is 22.7 Å². The average Bonchev–Trinajstić information content (AvgIpc) is 2.93. The Labute approximate surface area is 121 Å². The molecular formula is C11H12N4O3S2. The lowest BCUT2D eigenvalue weighted by Crippen LogP contribution is -2.19. The molecule has 0 atom stereocenters. The van der Waals surface area contributed by atoms with Gasteiger partial charge in [-0.3, -0.25) is 4.72 Å². The SMILES string of the molecule is COc1cccc(C(N)=S)c1NS(=O)(=O)c1cnc[nH]1. The van der Waals surface area contributed by atoms with Crippen LogP contribution in [0.3, 0.4) is 0 Å². The van der Waals surface area contributed by atoms with Crippen molar-refractivity contribution >= 4 is 32.9 Å². The van der Waals surface area contributed by atoms with Gasteiger partial charge in [-0.05, 0) is 12.1 Å². The average molecular weight is 312 g/mol. The number of methoxy groups -OCH3 is 1. The van der Waals surface area contributed by atoms with Gasteiger partial charge in [0, 0.05) is 5.56 Å². The van der Waals surface area contributed by atoms with E-state index in [-0.39, 0.29) is 15.7 Å². The van der Waals surface area contributed by atoms with Crippen molar-refractivity contribution in [3.63, 3.8) is 0 Å². The third-order valence-electron chi connectivity index (χ3n) is 2.51. The number of aromatic amines is 1. The minimum Gasteiger partial charge on any atom is -0.495 e. The van der Waals surface area contributed by atoms with Crippen molar-refractivity contribution in [2.45, 2.75) is 5.03 Å². The molecule has 20 heavy (non-hydrogen) atoms. The number of hydrogen-bond donors (Lipinski definition) is 3. The maximum Gasteiger partial charge on any atom is 0.279 e. The number of thiocarbonyl (C=S) groups is 1. The van der Waals surface area contributed by atoms with Crippen molar-refractivity contribution < 1.29 is 13.2 Å². The highest BCUT2D eigenvalue weighted by atomic mass is 32.2. The highest BCUT2D eigenvalue weighted by molar-refractivity contribution is 7.92. The van der Waals surface area contributed by atoms with Gasteiger partial charge in [-0.1, -0.05) is 18.3 Å².